The summed E-state index contributed by atoms with van der Waals surface area (Å²) in [5.41, 5.74) is 2.82. The topological polar surface area (TPSA) is 55.6 Å². The summed E-state index contributed by atoms with van der Waals surface area (Å²) in [5.74, 6) is 0.598. The Morgan fingerprint density at radius 1 is 1.14 bits per heavy atom. The molecule has 0 aliphatic heterocycles. The molecular formula is C15H14ClN5. The third-order valence-corrected chi connectivity index (χ3v) is 3.30. The Morgan fingerprint density at radius 3 is 2.71 bits per heavy atom. The van der Waals surface area contributed by atoms with Crippen LogP contribution in [0.1, 0.15) is 5.56 Å². The molecule has 3 rings (SSSR count). The van der Waals surface area contributed by atoms with Crippen LogP contribution in [-0.4, -0.2) is 27.3 Å². The van der Waals surface area contributed by atoms with Gasteiger partial charge in [0.15, 0.2) is 0 Å². The summed E-state index contributed by atoms with van der Waals surface area (Å²) in [7, 11) is 1.88. The molecule has 3 aromatic rings. The third-order valence-electron chi connectivity index (χ3n) is 3.07. The molecule has 0 aliphatic carbocycles. The van der Waals surface area contributed by atoms with Crippen LogP contribution in [0.5, 0.6) is 0 Å². The molecule has 0 radical (unpaired) electrons. The van der Waals surface area contributed by atoms with Crippen molar-refractivity contribution >= 4 is 11.6 Å². The van der Waals surface area contributed by atoms with Crippen molar-refractivity contribution in [3.63, 3.8) is 0 Å². The molecule has 0 unspecified atom stereocenters. The highest BCUT2D eigenvalue weighted by molar-refractivity contribution is 6.30. The molecule has 2 aromatic carbocycles. The van der Waals surface area contributed by atoms with Crippen molar-refractivity contribution in [1.82, 2.24) is 25.5 Å². The molecule has 0 saturated heterocycles. The Bertz CT molecular complexity index is 739. The zero-order chi connectivity index (χ0) is 14.7. The molecule has 106 valence electrons. The lowest BCUT2D eigenvalue weighted by molar-refractivity contribution is 0.701. The van der Waals surface area contributed by atoms with E-state index in [9.17, 15) is 0 Å². The summed E-state index contributed by atoms with van der Waals surface area (Å²) in [6.45, 7) is 0.679. The van der Waals surface area contributed by atoms with E-state index in [1.807, 2.05) is 55.6 Å². The highest BCUT2D eigenvalue weighted by Gasteiger charge is 2.10. The SMILES string of the molecule is CNCc1cc(Cl)ccc1-n1nnc(-c2ccccc2)n1. The fourth-order valence-corrected chi connectivity index (χ4v) is 2.30. The van der Waals surface area contributed by atoms with E-state index in [-0.39, 0.29) is 0 Å². The number of nitrogens with zero attached hydrogens (tertiary/aromatic N) is 4. The third kappa shape index (κ3) is 2.94. The van der Waals surface area contributed by atoms with E-state index >= 15 is 0 Å². The maximum Gasteiger partial charge on any atom is 0.205 e. The standard InChI is InChI=1S/C15H14ClN5/c1-17-10-12-9-13(16)7-8-14(12)21-19-15(18-20-21)11-5-3-2-4-6-11/h2-9,17H,10H2,1H3. The first-order valence-electron chi connectivity index (χ1n) is 6.57. The highest BCUT2D eigenvalue weighted by Crippen LogP contribution is 2.20. The van der Waals surface area contributed by atoms with Crippen LogP contribution in [0.3, 0.4) is 0 Å². The molecule has 0 aliphatic rings. The van der Waals surface area contributed by atoms with Gasteiger partial charge in [-0.2, -0.15) is 0 Å². The molecule has 0 bridgehead atoms. The van der Waals surface area contributed by atoms with Gasteiger partial charge in [0.2, 0.25) is 5.82 Å². The average molecular weight is 300 g/mol. The minimum absolute atomic E-state index is 0.598. The van der Waals surface area contributed by atoms with Gasteiger partial charge in [-0.3, -0.25) is 0 Å². The summed E-state index contributed by atoms with van der Waals surface area (Å²) >= 11 is 6.05. The molecule has 1 aromatic heterocycles. The van der Waals surface area contributed by atoms with Crippen LogP contribution in [0.2, 0.25) is 5.02 Å². The van der Waals surface area contributed by atoms with Crippen molar-refractivity contribution in [1.29, 1.82) is 0 Å². The highest BCUT2D eigenvalue weighted by atomic mass is 35.5. The predicted molar refractivity (Wildman–Crippen MR) is 82.4 cm³/mol. The molecule has 1 N–H and O–H groups in total. The van der Waals surface area contributed by atoms with E-state index in [2.05, 4.69) is 20.7 Å². The Balaban J connectivity index is 2.00. The van der Waals surface area contributed by atoms with E-state index in [1.54, 1.807) is 0 Å². The molecule has 0 amide bonds. The second kappa shape index (κ2) is 6.03. The van der Waals surface area contributed by atoms with Crippen molar-refractivity contribution in [2.24, 2.45) is 0 Å². The predicted octanol–water partition coefficient (Wildman–Crippen LogP) is 2.70. The number of benzene rings is 2. The number of hydrogen-bond donors (Lipinski definition) is 1. The zero-order valence-corrected chi connectivity index (χ0v) is 12.2. The van der Waals surface area contributed by atoms with E-state index < -0.39 is 0 Å². The normalized spacial score (nSPS) is 10.8. The lowest BCUT2D eigenvalue weighted by atomic mass is 10.2. The summed E-state index contributed by atoms with van der Waals surface area (Å²) in [6.07, 6.45) is 0. The number of rotatable bonds is 4. The lowest BCUT2D eigenvalue weighted by Crippen LogP contribution is -2.10. The Labute approximate surface area is 127 Å². The molecule has 21 heavy (non-hydrogen) atoms. The second-order valence-corrected chi connectivity index (χ2v) is 5.01. The number of aromatic nitrogens is 4. The van der Waals surface area contributed by atoms with Crippen molar-refractivity contribution in [3.05, 3.63) is 59.1 Å². The Hall–Kier alpha value is -2.24. The van der Waals surface area contributed by atoms with Gasteiger partial charge in [0.05, 0.1) is 5.69 Å². The van der Waals surface area contributed by atoms with Gasteiger partial charge in [0.1, 0.15) is 0 Å². The molecule has 0 saturated carbocycles. The van der Waals surface area contributed by atoms with Gasteiger partial charge in [-0.15, -0.1) is 15.0 Å². The Morgan fingerprint density at radius 2 is 1.95 bits per heavy atom. The summed E-state index contributed by atoms with van der Waals surface area (Å²) in [5, 5.41) is 16.5. The van der Waals surface area contributed by atoms with Crippen molar-refractivity contribution in [3.8, 4) is 17.1 Å². The first kappa shape index (κ1) is 13.7. The monoisotopic (exact) mass is 299 g/mol. The fourth-order valence-electron chi connectivity index (χ4n) is 2.10. The van der Waals surface area contributed by atoms with E-state index in [1.165, 1.54) is 4.80 Å². The van der Waals surface area contributed by atoms with Gasteiger partial charge in [-0.25, -0.2) is 0 Å². The largest absolute Gasteiger partial charge is 0.316 e. The molecule has 0 atom stereocenters. The van der Waals surface area contributed by atoms with Crippen LogP contribution in [-0.2, 0) is 6.54 Å². The molecule has 0 fully saturated rings. The van der Waals surface area contributed by atoms with Gasteiger partial charge in [-0.1, -0.05) is 41.9 Å². The van der Waals surface area contributed by atoms with Crippen LogP contribution >= 0.6 is 11.6 Å². The van der Waals surface area contributed by atoms with Crippen LogP contribution in [0.25, 0.3) is 17.1 Å². The van der Waals surface area contributed by atoms with Crippen LogP contribution in [0, 0.1) is 0 Å². The molecular weight excluding hydrogens is 286 g/mol. The van der Waals surface area contributed by atoms with Gasteiger partial charge in [0, 0.05) is 17.1 Å². The molecule has 1 heterocycles. The number of tetrazole rings is 1. The maximum atomic E-state index is 6.05. The van der Waals surface area contributed by atoms with Crippen LogP contribution < -0.4 is 5.32 Å². The minimum atomic E-state index is 0.598. The summed E-state index contributed by atoms with van der Waals surface area (Å²) in [6, 6.07) is 15.4. The molecule has 0 spiro atoms. The van der Waals surface area contributed by atoms with Gasteiger partial charge < -0.3 is 5.32 Å². The average Bonchev–Trinajstić information content (AvgIpc) is 2.98. The summed E-state index contributed by atoms with van der Waals surface area (Å²) in [4.78, 5) is 1.53. The first-order valence-corrected chi connectivity index (χ1v) is 6.94. The van der Waals surface area contributed by atoms with Crippen molar-refractivity contribution < 1.29 is 0 Å². The number of halogens is 1. The van der Waals surface area contributed by atoms with Gasteiger partial charge in [0.25, 0.3) is 0 Å². The maximum absolute atomic E-state index is 6.05. The van der Waals surface area contributed by atoms with Crippen molar-refractivity contribution in [2.75, 3.05) is 7.05 Å². The number of hydrogen-bond acceptors (Lipinski definition) is 4. The van der Waals surface area contributed by atoms with Crippen molar-refractivity contribution in [2.45, 2.75) is 6.54 Å². The second-order valence-electron chi connectivity index (χ2n) is 4.57. The first-order chi connectivity index (χ1) is 10.3. The fraction of sp³-hybridized carbons (Fsp3) is 0.133. The quantitative estimate of drug-likeness (QED) is 0.805. The molecule has 5 nitrogen and oxygen atoms in total. The molecule has 6 heteroatoms. The van der Waals surface area contributed by atoms with E-state index in [4.69, 9.17) is 11.6 Å². The summed E-state index contributed by atoms with van der Waals surface area (Å²) < 4.78 is 0. The van der Waals surface area contributed by atoms with E-state index in [0.29, 0.717) is 17.4 Å². The van der Waals surface area contributed by atoms with Crippen LogP contribution in [0.15, 0.2) is 48.5 Å². The Kier molecular flexibility index (Phi) is 3.94. The minimum Gasteiger partial charge on any atom is -0.316 e. The van der Waals surface area contributed by atoms with Gasteiger partial charge >= 0.3 is 0 Å². The number of nitrogens with one attached hydrogen (secondary N) is 1. The smallest absolute Gasteiger partial charge is 0.205 e. The van der Waals surface area contributed by atoms with E-state index in [0.717, 1.165) is 16.8 Å². The zero-order valence-electron chi connectivity index (χ0n) is 11.5. The van der Waals surface area contributed by atoms with Gasteiger partial charge in [-0.05, 0) is 36.0 Å². The lowest BCUT2D eigenvalue weighted by Gasteiger charge is -2.07. The van der Waals surface area contributed by atoms with Crippen LogP contribution in [0.4, 0.5) is 0 Å².